The van der Waals surface area contributed by atoms with Gasteiger partial charge in [0, 0.05) is 23.6 Å². The summed E-state index contributed by atoms with van der Waals surface area (Å²) in [7, 11) is 0. The van der Waals surface area contributed by atoms with Gasteiger partial charge in [0.05, 0.1) is 32.9 Å². The van der Waals surface area contributed by atoms with Crippen LogP contribution in [0.5, 0.6) is 23.0 Å². The molecule has 0 aliphatic carbocycles. The van der Waals surface area contributed by atoms with Crippen LogP contribution in [0.4, 0.5) is 0 Å². The molecule has 0 N–H and O–H groups in total. The Morgan fingerprint density at radius 2 is 0.918 bits per heavy atom. The second-order valence-electron chi connectivity index (χ2n) is 20.7. The maximum atomic E-state index is 14.6. The summed E-state index contributed by atoms with van der Waals surface area (Å²) < 4.78 is 25.5. The Morgan fingerprint density at radius 1 is 0.492 bits per heavy atom. The number of pyridine rings is 1. The van der Waals surface area contributed by atoms with Crippen molar-refractivity contribution in [3.8, 4) is 34.3 Å². The Hall–Kier alpha value is -4.47. The van der Waals surface area contributed by atoms with Crippen molar-refractivity contribution in [3.63, 3.8) is 0 Å². The fourth-order valence-corrected chi connectivity index (χ4v) is 6.37. The molecule has 3 rings (SSSR count). The number of unbranched alkanes of at least 4 members (excludes halogenated alkanes) is 13. The van der Waals surface area contributed by atoms with Crippen LogP contribution in [0.25, 0.3) is 22.2 Å². The molecule has 3 aromatic rings. The van der Waals surface area contributed by atoms with Gasteiger partial charge in [-0.05, 0) is 120 Å². The van der Waals surface area contributed by atoms with Gasteiger partial charge in [-0.25, -0.2) is 0 Å². The summed E-state index contributed by atoms with van der Waals surface area (Å²) in [6.07, 6.45) is 16.7. The average molecular weight is 846 g/mol. The van der Waals surface area contributed by atoms with Crippen molar-refractivity contribution in [1.29, 1.82) is 0 Å². The van der Waals surface area contributed by atoms with Crippen LogP contribution in [-0.2, 0) is 25.7 Å². The van der Waals surface area contributed by atoms with E-state index in [0.29, 0.717) is 17.6 Å². The molecule has 1 aromatic heterocycles. The van der Waals surface area contributed by atoms with Gasteiger partial charge >= 0.3 is 23.9 Å². The van der Waals surface area contributed by atoms with Gasteiger partial charge in [-0.1, -0.05) is 90.4 Å². The minimum absolute atomic E-state index is 0.0209. The minimum atomic E-state index is -0.957. The van der Waals surface area contributed by atoms with Gasteiger partial charge in [0.1, 0.15) is 5.75 Å². The van der Waals surface area contributed by atoms with Crippen LogP contribution < -0.4 is 24.4 Å². The Labute approximate surface area is 365 Å². The van der Waals surface area contributed by atoms with Gasteiger partial charge in [0.15, 0.2) is 11.5 Å². The predicted molar refractivity (Wildman–Crippen MR) is 244 cm³/mol. The highest BCUT2D eigenvalue weighted by molar-refractivity contribution is 5.91. The van der Waals surface area contributed by atoms with E-state index in [4.69, 9.17) is 18.9 Å². The molecule has 0 atom stereocenters. The first-order valence-corrected chi connectivity index (χ1v) is 22.6. The van der Waals surface area contributed by atoms with E-state index in [2.05, 4.69) is 6.92 Å². The second kappa shape index (κ2) is 22.1. The van der Waals surface area contributed by atoms with E-state index >= 15 is 0 Å². The van der Waals surface area contributed by atoms with Crippen LogP contribution in [0.2, 0.25) is 0 Å². The zero-order chi connectivity index (χ0) is 45.8. The number of nitrogens with zero attached hydrogens (tertiary/aromatic N) is 1. The number of carbonyl (C=O) groups excluding carboxylic acids is 4. The number of fused-ring (bicyclic) bond motifs is 1. The van der Waals surface area contributed by atoms with Crippen molar-refractivity contribution < 1.29 is 38.1 Å². The molecule has 61 heavy (non-hydrogen) atoms. The first-order chi connectivity index (χ1) is 28.4. The quantitative estimate of drug-likeness (QED) is 0.0620. The van der Waals surface area contributed by atoms with E-state index in [-0.39, 0.29) is 34.1 Å². The molecular formula is C51H75NO9. The summed E-state index contributed by atoms with van der Waals surface area (Å²) in [5, 5.41) is 0.275. The van der Waals surface area contributed by atoms with Crippen LogP contribution in [0.3, 0.4) is 0 Å². The maximum absolute atomic E-state index is 14.6. The first kappa shape index (κ1) is 50.9. The third-order valence-corrected chi connectivity index (χ3v) is 10.4. The number of hydrogen-bond donors (Lipinski definition) is 0. The molecule has 10 heteroatoms. The molecule has 0 radical (unpaired) electrons. The maximum Gasteiger partial charge on any atom is 0.316 e. The monoisotopic (exact) mass is 846 g/mol. The van der Waals surface area contributed by atoms with Crippen LogP contribution in [0, 0.1) is 21.7 Å². The van der Waals surface area contributed by atoms with E-state index in [9.17, 15) is 24.0 Å². The molecule has 0 saturated heterocycles. The first-order valence-electron chi connectivity index (χ1n) is 22.6. The van der Waals surface area contributed by atoms with Crippen molar-refractivity contribution in [1.82, 2.24) is 4.57 Å². The van der Waals surface area contributed by atoms with Crippen LogP contribution in [0.1, 0.15) is 180 Å². The Kier molecular flexibility index (Phi) is 18.4. The molecule has 0 spiro atoms. The number of aromatic nitrogens is 1. The van der Waals surface area contributed by atoms with Crippen molar-refractivity contribution in [2.45, 2.75) is 186 Å². The number of benzene rings is 2. The summed E-state index contributed by atoms with van der Waals surface area (Å²) in [4.78, 5) is 67.7. The van der Waals surface area contributed by atoms with E-state index in [1.807, 2.05) is 4.57 Å². The Balaban J connectivity index is 2.16. The van der Waals surface area contributed by atoms with Crippen LogP contribution in [0.15, 0.2) is 41.2 Å². The summed E-state index contributed by atoms with van der Waals surface area (Å²) in [6.45, 7) is 23.4. The Bertz CT molecular complexity index is 2030. The molecule has 0 saturated carbocycles. The lowest BCUT2D eigenvalue weighted by Crippen LogP contribution is -2.29. The average Bonchev–Trinajstić information content (AvgIpc) is 3.15. The summed E-state index contributed by atoms with van der Waals surface area (Å²) in [5.74, 6) is -2.10. The van der Waals surface area contributed by atoms with Crippen LogP contribution in [-0.4, -0.2) is 28.4 Å². The van der Waals surface area contributed by atoms with Gasteiger partial charge in [-0.15, -0.1) is 0 Å². The number of rotatable bonds is 20. The van der Waals surface area contributed by atoms with Gasteiger partial charge in [-0.2, -0.15) is 0 Å². The van der Waals surface area contributed by atoms with Gasteiger partial charge < -0.3 is 23.5 Å². The standard InChI is InChI=1S/C51H75NO9/c1-14-15-16-17-18-19-20-21-22-23-24-25-26-27-32-52-38-34-36(58-44(54)48(2,3)4)29-30-37(38)42(53)43(61-47(57)51(11,12)13)41(52)35-28-31-39(59-45(55)49(5,6)7)40(33-35)60-46(56)50(8,9)10/h28-31,33-34H,14-27,32H2,1-13H3. The number of carbonyl (C=O) groups is 4. The lowest BCUT2D eigenvalue weighted by molar-refractivity contribution is -0.145. The van der Waals surface area contributed by atoms with Gasteiger partial charge in [0.25, 0.3) is 0 Å². The molecule has 0 aliphatic heterocycles. The van der Waals surface area contributed by atoms with Crippen molar-refractivity contribution in [2.75, 3.05) is 0 Å². The number of aryl methyl sites for hydroxylation is 1. The second-order valence-corrected chi connectivity index (χ2v) is 20.7. The largest absolute Gasteiger partial charge is 0.426 e. The van der Waals surface area contributed by atoms with Crippen LogP contribution >= 0.6 is 0 Å². The third kappa shape index (κ3) is 15.4. The molecule has 0 aliphatic rings. The van der Waals surface area contributed by atoms with Crippen molar-refractivity contribution in [2.24, 2.45) is 21.7 Å². The van der Waals surface area contributed by atoms with E-state index in [0.717, 1.165) is 25.7 Å². The zero-order valence-electron chi connectivity index (χ0n) is 39.7. The predicted octanol–water partition coefficient (Wildman–Crippen LogP) is 13.0. The minimum Gasteiger partial charge on any atom is -0.426 e. The summed E-state index contributed by atoms with van der Waals surface area (Å²) >= 11 is 0. The number of esters is 4. The van der Waals surface area contributed by atoms with Crippen molar-refractivity contribution in [3.05, 3.63) is 46.6 Å². The zero-order valence-corrected chi connectivity index (χ0v) is 39.7. The lowest BCUT2D eigenvalue weighted by atomic mass is 9.97. The molecular weight excluding hydrogens is 771 g/mol. The molecule has 0 unspecified atom stereocenters. The SMILES string of the molecule is CCCCCCCCCCCCCCCCn1c(-c2ccc(OC(=O)C(C)(C)C)c(OC(=O)C(C)(C)C)c2)c(OC(=O)C(C)(C)C)c(=O)c2ccc(OC(=O)C(C)(C)C)cc21. The van der Waals surface area contributed by atoms with E-state index < -0.39 is 51.0 Å². The lowest BCUT2D eigenvalue weighted by Gasteiger charge is -2.24. The third-order valence-electron chi connectivity index (χ3n) is 10.4. The highest BCUT2D eigenvalue weighted by Crippen LogP contribution is 2.40. The topological polar surface area (TPSA) is 127 Å². The fourth-order valence-electron chi connectivity index (χ4n) is 6.37. The highest BCUT2D eigenvalue weighted by atomic mass is 16.6. The molecule has 2 aromatic carbocycles. The normalized spacial score (nSPS) is 12.3. The molecule has 0 amide bonds. The number of ether oxygens (including phenoxy) is 4. The molecule has 0 fully saturated rings. The molecule has 0 bridgehead atoms. The molecule has 338 valence electrons. The highest BCUT2D eigenvalue weighted by Gasteiger charge is 2.32. The summed E-state index contributed by atoms with van der Waals surface area (Å²) in [6, 6.07) is 9.54. The van der Waals surface area contributed by atoms with E-state index in [1.54, 1.807) is 107 Å². The van der Waals surface area contributed by atoms with Gasteiger partial charge in [-0.3, -0.25) is 24.0 Å². The number of hydrogen-bond acceptors (Lipinski definition) is 9. The van der Waals surface area contributed by atoms with E-state index in [1.165, 1.54) is 76.3 Å². The van der Waals surface area contributed by atoms with Crippen molar-refractivity contribution >= 4 is 34.8 Å². The molecule has 10 nitrogen and oxygen atoms in total. The molecule has 1 heterocycles. The Morgan fingerprint density at radius 3 is 1.39 bits per heavy atom. The fraction of sp³-hybridized carbons (Fsp3) is 0.627. The van der Waals surface area contributed by atoms with Gasteiger partial charge in [0.2, 0.25) is 11.2 Å². The smallest absolute Gasteiger partial charge is 0.316 e. The summed E-state index contributed by atoms with van der Waals surface area (Å²) in [5.41, 5.74) is -2.92.